The fourth-order valence-corrected chi connectivity index (χ4v) is 5.00. The second-order valence-corrected chi connectivity index (χ2v) is 8.65. The molecule has 1 aliphatic carbocycles. The highest BCUT2D eigenvalue weighted by atomic mass is 32.1. The predicted octanol–water partition coefficient (Wildman–Crippen LogP) is 2.92. The second kappa shape index (κ2) is 9.05. The molecule has 1 saturated heterocycles. The lowest BCUT2D eigenvalue weighted by Crippen LogP contribution is -2.46. The molecule has 2 aromatic heterocycles. The number of hydrogen-bond acceptors (Lipinski definition) is 6. The lowest BCUT2D eigenvalue weighted by atomic mass is 10.1. The smallest absolute Gasteiger partial charge is 0.268 e. The molecule has 0 aromatic carbocycles. The number of nitrogens with zero attached hydrogens (tertiary/aromatic N) is 5. The first-order valence-electron chi connectivity index (χ1n) is 10.5. The van der Waals surface area contributed by atoms with Gasteiger partial charge in [-0.25, -0.2) is 0 Å². The van der Waals surface area contributed by atoms with Crippen LogP contribution in [0.5, 0.6) is 0 Å². The van der Waals surface area contributed by atoms with Gasteiger partial charge >= 0.3 is 0 Å². The van der Waals surface area contributed by atoms with E-state index in [1.54, 1.807) is 11.3 Å². The second-order valence-electron chi connectivity index (χ2n) is 7.71. The summed E-state index contributed by atoms with van der Waals surface area (Å²) in [6.07, 6.45) is 9.04. The molecular formula is C20H30N6OS. The third-order valence-electron chi connectivity index (χ3n) is 5.87. The van der Waals surface area contributed by atoms with Crippen molar-refractivity contribution in [1.29, 1.82) is 0 Å². The number of piperazine rings is 1. The van der Waals surface area contributed by atoms with Crippen molar-refractivity contribution in [3.63, 3.8) is 0 Å². The third kappa shape index (κ3) is 4.38. The average molecular weight is 403 g/mol. The minimum Gasteiger partial charge on any atom is -0.348 e. The van der Waals surface area contributed by atoms with Gasteiger partial charge in [0, 0.05) is 38.4 Å². The van der Waals surface area contributed by atoms with E-state index in [9.17, 15) is 4.79 Å². The molecule has 7 nitrogen and oxygen atoms in total. The molecule has 0 bridgehead atoms. The SMILES string of the molecule is CCN1CCN(c2nnc(-n3cccc3C(=O)NC3CCCCCC3)s2)CC1. The van der Waals surface area contributed by atoms with Crippen molar-refractivity contribution in [2.45, 2.75) is 51.5 Å². The number of nitrogens with one attached hydrogen (secondary N) is 1. The summed E-state index contributed by atoms with van der Waals surface area (Å²) in [4.78, 5) is 17.6. The highest BCUT2D eigenvalue weighted by molar-refractivity contribution is 7.17. The molecule has 3 heterocycles. The van der Waals surface area contributed by atoms with Crippen molar-refractivity contribution in [2.24, 2.45) is 0 Å². The Hall–Kier alpha value is -1.93. The van der Waals surface area contributed by atoms with E-state index in [0.29, 0.717) is 5.69 Å². The molecule has 1 saturated carbocycles. The Morgan fingerprint density at radius 3 is 2.54 bits per heavy atom. The van der Waals surface area contributed by atoms with Crippen molar-refractivity contribution in [3.05, 3.63) is 24.0 Å². The van der Waals surface area contributed by atoms with Crippen LogP contribution in [0, 0.1) is 0 Å². The largest absolute Gasteiger partial charge is 0.348 e. The van der Waals surface area contributed by atoms with Gasteiger partial charge in [-0.3, -0.25) is 9.36 Å². The molecule has 1 amide bonds. The molecule has 2 fully saturated rings. The molecule has 1 aliphatic heterocycles. The summed E-state index contributed by atoms with van der Waals surface area (Å²) in [5.74, 6) is -0.00906. The van der Waals surface area contributed by atoms with Crippen LogP contribution in [-0.2, 0) is 0 Å². The quantitative estimate of drug-likeness (QED) is 0.779. The zero-order valence-corrected chi connectivity index (χ0v) is 17.5. The molecular weight excluding hydrogens is 372 g/mol. The molecule has 1 N–H and O–H groups in total. The van der Waals surface area contributed by atoms with Crippen LogP contribution in [-0.4, -0.2) is 64.3 Å². The molecule has 152 valence electrons. The first-order chi connectivity index (χ1) is 13.7. The summed E-state index contributed by atoms with van der Waals surface area (Å²) in [7, 11) is 0. The number of likely N-dealkylation sites (N-methyl/N-ethyl adjacent to an activating group) is 1. The number of hydrogen-bond donors (Lipinski definition) is 1. The number of amides is 1. The topological polar surface area (TPSA) is 66.3 Å². The normalized spacial score (nSPS) is 19.5. The summed E-state index contributed by atoms with van der Waals surface area (Å²) >= 11 is 1.56. The fraction of sp³-hybridized carbons (Fsp3) is 0.650. The molecule has 28 heavy (non-hydrogen) atoms. The Balaban J connectivity index is 1.44. The van der Waals surface area contributed by atoms with Gasteiger partial charge in [0.2, 0.25) is 10.3 Å². The standard InChI is InChI=1S/C20H30N6OS/c1-2-24-12-14-25(15-13-24)19-22-23-20(28-19)26-11-7-10-17(26)18(27)21-16-8-5-3-4-6-9-16/h7,10-11,16H,2-6,8-9,12-15H2,1H3,(H,21,27). The average Bonchev–Trinajstić information content (AvgIpc) is 3.33. The molecule has 0 spiro atoms. The van der Waals surface area contributed by atoms with E-state index in [0.717, 1.165) is 55.8 Å². The van der Waals surface area contributed by atoms with Gasteiger partial charge in [-0.05, 0) is 31.5 Å². The van der Waals surface area contributed by atoms with E-state index < -0.39 is 0 Å². The maximum atomic E-state index is 12.9. The Morgan fingerprint density at radius 1 is 1.11 bits per heavy atom. The molecule has 0 radical (unpaired) electrons. The van der Waals surface area contributed by atoms with Gasteiger partial charge in [0.05, 0.1) is 0 Å². The van der Waals surface area contributed by atoms with Crippen molar-refractivity contribution in [1.82, 2.24) is 25.0 Å². The minimum absolute atomic E-state index is 0.00906. The van der Waals surface area contributed by atoms with Gasteiger partial charge in [0.1, 0.15) is 5.69 Å². The summed E-state index contributed by atoms with van der Waals surface area (Å²) < 4.78 is 1.87. The van der Waals surface area contributed by atoms with Crippen LogP contribution in [0.3, 0.4) is 0 Å². The van der Waals surface area contributed by atoms with E-state index in [1.165, 1.54) is 25.7 Å². The van der Waals surface area contributed by atoms with E-state index >= 15 is 0 Å². The molecule has 8 heteroatoms. The molecule has 0 unspecified atom stereocenters. The van der Waals surface area contributed by atoms with Crippen LogP contribution in [0.2, 0.25) is 0 Å². The van der Waals surface area contributed by atoms with Gasteiger partial charge in [-0.15, -0.1) is 10.2 Å². The van der Waals surface area contributed by atoms with E-state index in [2.05, 4.69) is 32.2 Å². The molecule has 0 atom stereocenters. The fourth-order valence-electron chi connectivity index (χ4n) is 4.10. The van der Waals surface area contributed by atoms with Crippen LogP contribution in [0.1, 0.15) is 55.9 Å². The third-order valence-corrected chi connectivity index (χ3v) is 6.85. The van der Waals surface area contributed by atoms with E-state index in [-0.39, 0.29) is 11.9 Å². The summed E-state index contributed by atoms with van der Waals surface area (Å²) in [5, 5.41) is 13.7. The minimum atomic E-state index is -0.00906. The number of rotatable bonds is 5. The summed E-state index contributed by atoms with van der Waals surface area (Å²) in [6.45, 7) is 7.37. The Kier molecular flexibility index (Phi) is 6.26. The van der Waals surface area contributed by atoms with Gasteiger partial charge in [0.25, 0.3) is 5.91 Å². The maximum Gasteiger partial charge on any atom is 0.268 e. The summed E-state index contributed by atoms with van der Waals surface area (Å²) in [5.41, 5.74) is 0.641. The molecule has 2 aromatic rings. The van der Waals surface area contributed by atoms with Crippen molar-refractivity contribution in [3.8, 4) is 5.13 Å². The molecule has 4 rings (SSSR count). The number of carbonyl (C=O) groups excluding carboxylic acids is 1. The predicted molar refractivity (Wildman–Crippen MR) is 113 cm³/mol. The number of aromatic nitrogens is 3. The van der Waals surface area contributed by atoms with Crippen LogP contribution in [0.15, 0.2) is 18.3 Å². The lowest BCUT2D eigenvalue weighted by molar-refractivity contribution is 0.0926. The number of carbonyl (C=O) groups is 1. The van der Waals surface area contributed by atoms with Crippen molar-refractivity contribution in [2.75, 3.05) is 37.6 Å². The van der Waals surface area contributed by atoms with E-state index in [1.807, 2.05) is 22.9 Å². The Bertz CT molecular complexity index is 771. The first kappa shape index (κ1) is 19.4. The Morgan fingerprint density at radius 2 is 1.82 bits per heavy atom. The maximum absolute atomic E-state index is 12.9. The highest BCUT2D eigenvalue weighted by Crippen LogP contribution is 2.26. The number of anilines is 1. The van der Waals surface area contributed by atoms with Crippen molar-refractivity contribution < 1.29 is 4.79 Å². The Labute approximate surface area is 170 Å². The van der Waals surface area contributed by atoms with Crippen molar-refractivity contribution >= 4 is 22.4 Å². The zero-order chi connectivity index (χ0) is 19.3. The lowest BCUT2D eigenvalue weighted by Gasteiger charge is -2.33. The van der Waals surface area contributed by atoms with E-state index in [4.69, 9.17) is 0 Å². The molecule has 2 aliphatic rings. The van der Waals surface area contributed by atoms with Gasteiger partial charge in [-0.2, -0.15) is 0 Å². The van der Waals surface area contributed by atoms with Crippen LogP contribution < -0.4 is 10.2 Å². The van der Waals surface area contributed by atoms with Gasteiger partial charge in [0.15, 0.2) is 0 Å². The van der Waals surface area contributed by atoms with Crippen LogP contribution >= 0.6 is 11.3 Å². The first-order valence-corrected chi connectivity index (χ1v) is 11.4. The zero-order valence-electron chi connectivity index (χ0n) is 16.6. The highest BCUT2D eigenvalue weighted by Gasteiger charge is 2.22. The monoisotopic (exact) mass is 402 g/mol. The van der Waals surface area contributed by atoms with Gasteiger partial charge in [-0.1, -0.05) is 43.9 Å². The van der Waals surface area contributed by atoms with Crippen LogP contribution in [0.25, 0.3) is 5.13 Å². The van der Waals surface area contributed by atoms with Crippen LogP contribution in [0.4, 0.5) is 5.13 Å². The van der Waals surface area contributed by atoms with Gasteiger partial charge < -0.3 is 15.1 Å². The summed E-state index contributed by atoms with van der Waals surface area (Å²) in [6, 6.07) is 4.06.